The number of rotatable bonds is 24. The van der Waals surface area contributed by atoms with E-state index in [1.165, 1.54) is 149 Å². The summed E-state index contributed by atoms with van der Waals surface area (Å²) in [6.07, 6.45) is 24.9. The molecule has 0 aliphatic carbocycles. The first-order valence-corrected chi connectivity index (χ1v) is 20.0. The Labute approximate surface area is 281 Å². The van der Waals surface area contributed by atoms with Gasteiger partial charge in [-0.15, -0.1) is 0 Å². The van der Waals surface area contributed by atoms with Crippen LogP contribution in [0.5, 0.6) is 0 Å². The Kier molecular flexibility index (Phi) is 17.0. The van der Waals surface area contributed by atoms with E-state index in [1.807, 2.05) is 0 Å². The summed E-state index contributed by atoms with van der Waals surface area (Å²) in [5.41, 5.74) is 3.15. The topological polar surface area (TPSA) is 0 Å². The fraction of sp³-hybridized carbons (Fsp3) is 0.545. The quantitative estimate of drug-likeness (QED) is 0.0701. The van der Waals surface area contributed by atoms with Crippen molar-refractivity contribution < 1.29 is 0 Å². The Morgan fingerprint density at radius 3 is 1.18 bits per heavy atom. The van der Waals surface area contributed by atoms with Crippen molar-refractivity contribution in [1.29, 1.82) is 0 Å². The van der Waals surface area contributed by atoms with Crippen LogP contribution in [0.2, 0.25) is 0 Å². The van der Waals surface area contributed by atoms with Crippen LogP contribution in [0.4, 0.5) is 0 Å². The van der Waals surface area contributed by atoms with Crippen molar-refractivity contribution in [2.45, 2.75) is 141 Å². The molecular formula is C44H62S. The molecule has 2 unspecified atom stereocenters. The van der Waals surface area contributed by atoms with Crippen LogP contribution in [-0.4, -0.2) is 11.5 Å². The van der Waals surface area contributed by atoms with Crippen LogP contribution in [-0.2, 0) is 0 Å². The molecule has 0 aromatic heterocycles. The summed E-state index contributed by atoms with van der Waals surface area (Å²) in [6, 6.07) is 32.2. The number of hydrogen-bond acceptors (Lipinski definition) is 1. The zero-order chi connectivity index (χ0) is 31.4. The monoisotopic (exact) mass is 622 g/mol. The minimum absolute atomic E-state index is 0.623. The predicted molar refractivity (Wildman–Crippen MR) is 205 cm³/mol. The van der Waals surface area contributed by atoms with Gasteiger partial charge in [0.1, 0.15) is 0 Å². The molecule has 0 fully saturated rings. The SMILES string of the molecule is CCCCCCCCCCC(CSCC(CCCCCCCCCC)c1cccc2ccccc12)c1cccc2ccccc12. The van der Waals surface area contributed by atoms with Crippen molar-refractivity contribution in [3.63, 3.8) is 0 Å². The summed E-state index contributed by atoms with van der Waals surface area (Å²) in [5, 5.41) is 5.72. The van der Waals surface area contributed by atoms with Gasteiger partial charge in [-0.3, -0.25) is 0 Å². The van der Waals surface area contributed by atoms with Gasteiger partial charge < -0.3 is 0 Å². The zero-order valence-electron chi connectivity index (χ0n) is 28.8. The molecule has 0 nitrogen and oxygen atoms in total. The molecule has 0 radical (unpaired) electrons. The standard InChI is InChI=1S/C44H62S/c1-3-5-7-9-11-13-15-17-27-39(43-33-23-29-37-25-19-21-31-41(37)43)35-45-36-40(28-18-16-14-12-10-8-6-4-2)44-34-24-30-38-26-20-22-32-42(38)44/h19-26,29-34,39-40H,3-18,27-28,35-36H2,1-2H3. The third-order valence-corrected chi connectivity index (χ3v) is 11.3. The Bertz CT molecular complexity index is 1230. The van der Waals surface area contributed by atoms with Crippen LogP contribution in [0.25, 0.3) is 21.5 Å². The van der Waals surface area contributed by atoms with E-state index in [9.17, 15) is 0 Å². The molecule has 0 aliphatic heterocycles. The second kappa shape index (κ2) is 21.5. The molecule has 0 amide bonds. The first-order chi connectivity index (χ1) is 22.3. The summed E-state index contributed by atoms with van der Waals surface area (Å²) in [5.74, 6) is 3.70. The number of hydrogen-bond donors (Lipinski definition) is 0. The largest absolute Gasteiger partial charge is 0.161 e. The Balaban J connectivity index is 1.40. The van der Waals surface area contributed by atoms with Crippen molar-refractivity contribution in [3.05, 3.63) is 96.1 Å². The smallest absolute Gasteiger partial charge is 0.000191 e. The van der Waals surface area contributed by atoms with E-state index in [4.69, 9.17) is 0 Å². The van der Waals surface area contributed by atoms with Crippen LogP contribution in [0, 0.1) is 0 Å². The summed E-state index contributed by atoms with van der Waals surface area (Å²) in [6.45, 7) is 4.62. The normalized spacial score (nSPS) is 13.0. The fourth-order valence-corrected chi connectivity index (χ4v) is 8.67. The lowest BCUT2D eigenvalue weighted by Gasteiger charge is -2.23. The van der Waals surface area contributed by atoms with Gasteiger partial charge in [-0.2, -0.15) is 11.8 Å². The van der Waals surface area contributed by atoms with Crippen molar-refractivity contribution in [2.75, 3.05) is 11.5 Å². The second-order valence-corrected chi connectivity index (χ2v) is 14.7. The van der Waals surface area contributed by atoms with E-state index in [0.717, 1.165) is 0 Å². The van der Waals surface area contributed by atoms with E-state index in [2.05, 4.69) is 111 Å². The van der Waals surface area contributed by atoms with Gasteiger partial charge in [-0.05, 0) is 57.3 Å². The van der Waals surface area contributed by atoms with Crippen LogP contribution in [0.15, 0.2) is 84.9 Å². The second-order valence-electron chi connectivity index (χ2n) is 13.6. The van der Waals surface area contributed by atoms with Gasteiger partial charge in [0.2, 0.25) is 0 Å². The van der Waals surface area contributed by atoms with Crippen molar-refractivity contribution in [3.8, 4) is 0 Å². The predicted octanol–water partition coefficient (Wildman–Crippen LogP) is 14.7. The first-order valence-electron chi connectivity index (χ1n) is 18.8. The molecule has 0 saturated heterocycles. The number of unbranched alkanes of at least 4 members (excludes halogenated alkanes) is 14. The minimum Gasteiger partial charge on any atom is -0.161 e. The highest BCUT2D eigenvalue weighted by molar-refractivity contribution is 7.99. The van der Waals surface area contributed by atoms with E-state index >= 15 is 0 Å². The lowest BCUT2D eigenvalue weighted by Crippen LogP contribution is -2.08. The number of fused-ring (bicyclic) bond motifs is 2. The lowest BCUT2D eigenvalue weighted by molar-refractivity contribution is 0.543. The Morgan fingerprint density at radius 2 is 0.756 bits per heavy atom. The molecule has 0 saturated carbocycles. The van der Waals surface area contributed by atoms with Gasteiger partial charge in [-0.25, -0.2) is 0 Å². The molecular weight excluding hydrogens is 561 g/mol. The summed E-state index contributed by atoms with van der Waals surface area (Å²) in [7, 11) is 0. The molecule has 4 aromatic carbocycles. The van der Waals surface area contributed by atoms with Gasteiger partial charge in [0.15, 0.2) is 0 Å². The highest BCUT2D eigenvalue weighted by Crippen LogP contribution is 2.36. The number of thioether (sulfide) groups is 1. The van der Waals surface area contributed by atoms with E-state index < -0.39 is 0 Å². The summed E-state index contributed by atoms with van der Waals surface area (Å²) >= 11 is 2.23. The molecule has 2 atom stereocenters. The van der Waals surface area contributed by atoms with Crippen LogP contribution >= 0.6 is 11.8 Å². The molecule has 244 valence electrons. The highest BCUT2D eigenvalue weighted by atomic mass is 32.2. The average Bonchev–Trinajstić information content (AvgIpc) is 3.08. The van der Waals surface area contributed by atoms with Crippen LogP contribution < -0.4 is 0 Å². The molecule has 0 aliphatic rings. The van der Waals surface area contributed by atoms with Gasteiger partial charge in [0, 0.05) is 11.5 Å². The first kappa shape index (κ1) is 35.6. The molecule has 0 bridgehead atoms. The maximum absolute atomic E-state index is 2.43. The average molecular weight is 623 g/mol. The van der Waals surface area contributed by atoms with Crippen molar-refractivity contribution in [1.82, 2.24) is 0 Å². The van der Waals surface area contributed by atoms with E-state index in [-0.39, 0.29) is 0 Å². The molecule has 45 heavy (non-hydrogen) atoms. The molecule has 0 heterocycles. The molecule has 4 rings (SSSR count). The maximum atomic E-state index is 2.43. The van der Waals surface area contributed by atoms with Gasteiger partial charge in [0.05, 0.1) is 0 Å². The number of benzene rings is 4. The molecule has 0 spiro atoms. The molecule has 0 N–H and O–H groups in total. The minimum atomic E-state index is 0.623. The van der Waals surface area contributed by atoms with Crippen molar-refractivity contribution in [2.24, 2.45) is 0 Å². The van der Waals surface area contributed by atoms with E-state index in [1.54, 1.807) is 11.1 Å². The lowest BCUT2D eigenvalue weighted by atomic mass is 9.90. The Hall–Kier alpha value is -2.25. The summed E-state index contributed by atoms with van der Waals surface area (Å²) in [4.78, 5) is 0. The van der Waals surface area contributed by atoms with Crippen LogP contribution in [0.1, 0.15) is 152 Å². The molecule has 1 heteroatoms. The third kappa shape index (κ3) is 12.1. The summed E-state index contributed by atoms with van der Waals surface area (Å²) < 4.78 is 0. The third-order valence-electron chi connectivity index (χ3n) is 9.98. The van der Waals surface area contributed by atoms with Crippen molar-refractivity contribution >= 4 is 33.3 Å². The van der Waals surface area contributed by atoms with Gasteiger partial charge in [0.25, 0.3) is 0 Å². The zero-order valence-corrected chi connectivity index (χ0v) is 29.6. The van der Waals surface area contributed by atoms with Gasteiger partial charge >= 0.3 is 0 Å². The van der Waals surface area contributed by atoms with Crippen LogP contribution in [0.3, 0.4) is 0 Å². The molecule has 4 aromatic rings. The van der Waals surface area contributed by atoms with E-state index in [0.29, 0.717) is 11.8 Å². The van der Waals surface area contributed by atoms with Gasteiger partial charge in [-0.1, -0.05) is 202 Å². The fourth-order valence-electron chi connectivity index (χ4n) is 7.27. The highest BCUT2D eigenvalue weighted by Gasteiger charge is 2.18. The Morgan fingerprint density at radius 1 is 0.400 bits per heavy atom. The maximum Gasteiger partial charge on any atom is 0.000191 e.